The first-order valence-corrected chi connectivity index (χ1v) is 9.70. The lowest BCUT2D eigenvalue weighted by Gasteiger charge is -2.23. The number of aryl methyl sites for hydroxylation is 1. The highest BCUT2D eigenvalue weighted by Gasteiger charge is 2.24. The van der Waals surface area contributed by atoms with Gasteiger partial charge in [-0.05, 0) is 43.5 Å². The van der Waals surface area contributed by atoms with Crippen LogP contribution in [0.2, 0.25) is 0 Å². The minimum atomic E-state index is -0.529. The van der Waals surface area contributed by atoms with Gasteiger partial charge >= 0.3 is 0 Å². The SMILES string of the molecule is Cc1nc(-c2ccsc2)sc1C(=O)Nc1ccc2c(c1)NC(=O)C(C)O2. The Kier molecular flexibility index (Phi) is 4.21. The summed E-state index contributed by atoms with van der Waals surface area (Å²) in [5.74, 6) is 0.154. The zero-order valence-corrected chi connectivity index (χ0v) is 15.7. The van der Waals surface area contributed by atoms with Crippen LogP contribution in [0, 0.1) is 6.92 Å². The molecular weight excluding hydrogens is 370 g/mol. The van der Waals surface area contributed by atoms with Crippen molar-refractivity contribution in [3.63, 3.8) is 0 Å². The summed E-state index contributed by atoms with van der Waals surface area (Å²) < 4.78 is 5.52. The third-order valence-electron chi connectivity index (χ3n) is 3.94. The van der Waals surface area contributed by atoms with E-state index in [2.05, 4.69) is 15.6 Å². The molecular formula is C18H15N3O3S2. The van der Waals surface area contributed by atoms with Crippen LogP contribution in [-0.2, 0) is 4.79 Å². The molecule has 0 bridgehead atoms. The molecule has 3 heterocycles. The molecule has 1 aliphatic rings. The van der Waals surface area contributed by atoms with Gasteiger partial charge in [0.05, 0.1) is 11.4 Å². The van der Waals surface area contributed by atoms with Crippen LogP contribution in [0.4, 0.5) is 11.4 Å². The lowest BCUT2D eigenvalue weighted by atomic mass is 10.2. The summed E-state index contributed by atoms with van der Waals surface area (Å²) in [6.07, 6.45) is -0.529. The van der Waals surface area contributed by atoms with Crippen LogP contribution >= 0.6 is 22.7 Å². The number of ether oxygens (including phenoxy) is 1. The van der Waals surface area contributed by atoms with E-state index in [1.165, 1.54) is 11.3 Å². The van der Waals surface area contributed by atoms with Crippen LogP contribution in [0.25, 0.3) is 10.6 Å². The van der Waals surface area contributed by atoms with E-state index in [9.17, 15) is 9.59 Å². The fourth-order valence-corrected chi connectivity index (χ4v) is 4.26. The minimum absolute atomic E-state index is 0.209. The van der Waals surface area contributed by atoms with E-state index in [1.807, 2.05) is 23.8 Å². The molecule has 4 rings (SSSR count). The van der Waals surface area contributed by atoms with Gasteiger partial charge in [0, 0.05) is 16.6 Å². The molecule has 1 aliphatic heterocycles. The van der Waals surface area contributed by atoms with Gasteiger partial charge in [0.15, 0.2) is 6.10 Å². The molecule has 132 valence electrons. The van der Waals surface area contributed by atoms with Crippen molar-refractivity contribution in [3.8, 4) is 16.3 Å². The number of fused-ring (bicyclic) bond motifs is 1. The fourth-order valence-electron chi connectivity index (χ4n) is 2.59. The molecule has 8 heteroatoms. The number of amides is 2. The molecule has 6 nitrogen and oxygen atoms in total. The van der Waals surface area contributed by atoms with Crippen molar-refractivity contribution in [2.45, 2.75) is 20.0 Å². The summed E-state index contributed by atoms with van der Waals surface area (Å²) in [6, 6.07) is 7.15. The number of aromatic nitrogens is 1. The van der Waals surface area contributed by atoms with Crippen molar-refractivity contribution >= 4 is 45.9 Å². The Hall–Kier alpha value is -2.71. The largest absolute Gasteiger partial charge is 0.479 e. The second kappa shape index (κ2) is 6.54. The number of hydrogen-bond donors (Lipinski definition) is 2. The molecule has 3 aromatic rings. The fraction of sp³-hybridized carbons (Fsp3) is 0.167. The lowest BCUT2D eigenvalue weighted by molar-refractivity contribution is -0.122. The highest BCUT2D eigenvalue weighted by Crippen LogP contribution is 2.33. The average molecular weight is 385 g/mol. The number of hydrogen-bond acceptors (Lipinski definition) is 6. The van der Waals surface area contributed by atoms with Crippen molar-refractivity contribution in [3.05, 3.63) is 45.6 Å². The van der Waals surface area contributed by atoms with Gasteiger partial charge in [-0.25, -0.2) is 4.98 Å². The molecule has 2 N–H and O–H groups in total. The van der Waals surface area contributed by atoms with Crippen LogP contribution in [-0.4, -0.2) is 22.9 Å². The van der Waals surface area contributed by atoms with Crippen LogP contribution in [0.3, 0.4) is 0 Å². The molecule has 1 aromatic carbocycles. The van der Waals surface area contributed by atoms with Gasteiger partial charge in [0.25, 0.3) is 11.8 Å². The summed E-state index contributed by atoms with van der Waals surface area (Å²) in [5.41, 5.74) is 2.84. The number of carbonyl (C=O) groups excluding carboxylic acids is 2. The molecule has 1 unspecified atom stereocenters. The molecule has 0 saturated carbocycles. The van der Waals surface area contributed by atoms with Gasteiger partial charge in [0.1, 0.15) is 15.6 Å². The number of nitrogens with one attached hydrogen (secondary N) is 2. The Bertz CT molecular complexity index is 995. The van der Waals surface area contributed by atoms with Gasteiger partial charge in [0.2, 0.25) is 0 Å². The first kappa shape index (κ1) is 16.7. The topological polar surface area (TPSA) is 80.3 Å². The Morgan fingerprint density at radius 3 is 2.96 bits per heavy atom. The zero-order valence-electron chi connectivity index (χ0n) is 14.0. The van der Waals surface area contributed by atoms with Crippen molar-refractivity contribution in [2.24, 2.45) is 0 Å². The Balaban J connectivity index is 1.56. The monoisotopic (exact) mass is 385 g/mol. The van der Waals surface area contributed by atoms with E-state index in [0.717, 1.165) is 10.6 Å². The van der Waals surface area contributed by atoms with Gasteiger partial charge in [-0.1, -0.05) is 0 Å². The van der Waals surface area contributed by atoms with Gasteiger partial charge in [-0.15, -0.1) is 11.3 Å². The maximum absolute atomic E-state index is 12.6. The molecule has 26 heavy (non-hydrogen) atoms. The van der Waals surface area contributed by atoms with E-state index in [1.54, 1.807) is 36.5 Å². The Morgan fingerprint density at radius 1 is 1.35 bits per heavy atom. The number of rotatable bonds is 3. The predicted molar refractivity (Wildman–Crippen MR) is 103 cm³/mol. The van der Waals surface area contributed by atoms with Crippen molar-refractivity contribution in [1.29, 1.82) is 0 Å². The van der Waals surface area contributed by atoms with Crippen molar-refractivity contribution < 1.29 is 14.3 Å². The Morgan fingerprint density at radius 2 is 2.19 bits per heavy atom. The summed E-state index contributed by atoms with van der Waals surface area (Å²) >= 11 is 2.96. The van der Waals surface area contributed by atoms with Crippen LogP contribution in [0.1, 0.15) is 22.3 Å². The second-order valence-electron chi connectivity index (χ2n) is 5.86. The number of anilines is 2. The first-order valence-electron chi connectivity index (χ1n) is 7.94. The van der Waals surface area contributed by atoms with Gasteiger partial charge in [-0.3, -0.25) is 9.59 Å². The van der Waals surface area contributed by atoms with E-state index in [4.69, 9.17) is 4.74 Å². The lowest BCUT2D eigenvalue weighted by Crippen LogP contribution is -2.34. The third kappa shape index (κ3) is 3.09. The van der Waals surface area contributed by atoms with Crippen molar-refractivity contribution in [1.82, 2.24) is 4.98 Å². The van der Waals surface area contributed by atoms with E-state index >= 15 is 0 Å². The summed E-state index contributed by atoms with van der Waals surface area (Å²) in [6.45, 7) is 3.51. The minimum Gasteiger partial charge on any atom is -0.479 e. The molecule has 0 spiro atoms. The number of thiophene rings is 1. The summed E-state index contributed by atoms with van der Waals surface area (Å²) in [5, 5.41) is 10.5. The number of benzene rings is 1. The quantitative estimate of drug-likeness (QED) is 0.710. The first-order chi connectivity index (χ1) is 12.5. The molecule has 0 aliphatic carbocycles. The molecule has 1 atom stereocenters. The van der Waals surface area contributed by atoms with Crippen LogP contribution < -0.4 is 15.4 Å². The highest BCUT2D eigenvalue weighted by atomic mass is 32.1. The summed E-state index contributed by atoms with van der Waals surface area (Å²) in [4.78, 5) is 29.4. The maximum atomic E-state index is 12.6. The van der Waals surface area contributed by atoms with Gasteiger partial charge in [-0.2, -0.15) is 11.3 Å². The zero-order chi connectivity index (χ0) is 18.3. The summed E-state index contributed by atoms with van der Waals surface area (Å²) in [7, 11) is 0. The number of carbonyl (C=O) groups is 2. The smallest absolute Gasteiger partial charge is 0.267 e. The molecule has 0 fully saturated rings. The second-order valence-corrected chi connectivity index (χ2v) is 7.64. The number of nitrogens with zero attached hydrogens (tertiary/aromatic N) is 1. The Labute approximate surface area is 157 Å². The normalized spacial score (nSPS) is 15.8. The number of thiazole rings is 1. The maximum Gasteiger partial charge on any atom is 0.267 e. The van der Waals surface area contributed by atoms with Crippen LogP contribution in [0.5, 0.6) is 5.75 Å². The van der Waals surface area contributed by atoms with Crippen LogP contribution in [0.15, 0.2) is 35.0 Å². The van der Waals surface area contributed by atoms with E-state index < -0.39 is 6.10 Å². The molecule has 2 aromatic heterocycles. The highest BCUT2D eigenvalue weighted by molar-refractivity contribution is 7.17. The van der Waals surface area contributed by atoms with E-state index in [-0.39, 0.29) is 11.8 Å². The standard InChI is InChI=1S/C18H15N3O3S2/c1-9-15(26-18(19-9)11-5-6-25-8-11)17(23)20-12-3-4-14-13(7-12)21-16(22)10(2)24-14/h3-8,10H,1-2H3,(H,20,23)(H,21,22). The predicted octanol–water partition coefficient (Wildman–Crippen LogP) is 4.15. The van der Waals surface area contributed by atoms with E-state index in [0.29, 0.717) is 27.7 Å². The molecule has 2 amide bonds. The average Bonchev–Trinajstić information content (AvgIpc) is 3.25. The van der Waals surface area contributed by atoms with Gasteiger partial charge < -0.3 is 15.4 Å². The molecule has 0 radical (unpaired) electrons. The third-order valence-corrected chi connectivity index (χ3v) is 5.83. The molecule has 0 saturated heterocycles. The van der Waals surface area contributed by atoms with Crippen molar-refractivity contribution in [2.75, 3.05) is 10.6 Å².